The van der Waals surface area contributed by atoms with Crippen LogP contribution >= 0.6 is 24.8 Å². The molecule has 11 heteroatoms. The molecule has 1 atom stereocenters. The van der Waals surface area contributed by atoms with Crippen LogP contribution in [0.2, 0.25) is 0 Å². The minimum Gasteiger partial charge on any atom is -0.507 e. The van der Waals surface area contributed by atoms with Crippen LogP contribution in [-0.4, -0.2) is 40.5 Å². The maximum Gasteiger partial charge on any atom is 0.340 e. The highest BCUT2D eigenvalue weighted by Gasteiger charge is 2.26. The molecule has 0 radical (unpaired) electrons. The maximum atomic E-state index is 12.3. The lowest BCUT2D eigenvalue weighted by Gasteiger charge is -2.15. The molecule has 0 saturated carbocycles. The number of halogens is 2. The third kappa shape index (κ3) is 6.11. The number of anilines is 1. The van der Waals surface area contributed by atoms with E-state index in [0.717, 1.165) is 6.07 Å². The summed E-state index contributed by atoms with van der Waals surface area (Å²) in [7, 11) is 0. The summed E-state index contributed by atoms with van der Waals surface area (Å²) in [5, 5.41) is 28.3. The monoisotopic (exact) mass is 381 g/mol. The van der Waals surface area contributed by atoms with E-state index in [1.165, 1.54) is 6.07 Å². The normalized spacial score (nSPS) is 10.7. The van der Waals surface area contributed by atoms with Gasteiger partial charge in [-0.15, -0.1) is 24.8 Å². The van der Waals surface area contributed by atoms with Gasteiger partial charge in [0.1, 0.15) is 11.3 Å². The summed E-state index contributed by atoms with van der Waals surface area (Å²) in [6.45, 7) is 0.359. The largest absolute Gasteiger partial charge is 0.507 e. The Labute approximate surface area is 150 Å². The van der Waals surface area contributed by atoms with Gasteiger partial charge in [0.25, 0.3) is 0 Å². The molecule has 0 aromatic heterocycles. The van der Waals surface area contributed by atoms with Crippen LogP contribution in [0.25, 0.3) is 0 Å². The number of carboxylic acids is 1. The highest BCUT2D eigenvalue weighted by atomic mass is 35.5. The van der Waals surface area contributed by atoms with E-state index in [4.69, 9.17) is 27.7 Å². The van der Waals surface area contributed by atoms with Crippen molar-refractivity contribution in [3.8, 4) is 5.75 Å². The first-order valence-electron chi connectivity index (χ1n) is 6.48. The fraction of sp³-hybridized carbons (Fsp3) is 0.308. The van der Waals surface area contributed by atoms with E-state index in [1.807, 2.05) is 0 Å². The Morgan fingerprint density at radius 3 is 2.33 bits per heavy atom. The lowest BCUT2D eigenvalue weighted by molar-refractivity contribution is 0.0688. The van der Waals surface area contributed by atoms with Crippen LogP contribution in [-0.2, 0) is 0 Å². The average Bonchev–Trinajstić information content (AvgIpc) is 2.44. The molecular formula is C13H21Cl2N5O4. The molecule has 1 aromatic carbocycles. The minimum atomic E-state index is -1.46. The number of hydrogen-bond donors (Lipinski definition) is 7. The minimum absolute atomic E-state index is 0. The van der Waals surface area contributed by atoms with Crippen molar-refractivity contribution in [1.82, 2.24) is 5.32 Å². The first kappa shape index (κ1) is 24.0. The van der Waals surface area contributed by atoms with E-state index >= 15 is 0 Å². The molecule has 0 aliphatic rings. The number of nitrogens with two attached hydrogens (primary N) is 3. The number of carbonyl (C=O) groups excluding carboxylic acids is 1. The molecule has 9 nitrogen and oxygen atoms in total. The molecule has 0 saturated heterocycles. The van der Waals surface area contributed by atoms with Gasteiger partial charge in [-0.1, -0.05) is 0 Å². The van der Waals surface area contributed by atoms with Crippen molar-refractivity contribution in [2.45, 2.75) is 18.9 Å². The number of aromatic carboxylic acids is 1. The number of benzene rings is 1. The van der Waals surface area contributed by atoms with Gasteiger partial charge in [-0.2, -0.15) is 0 Å². The summed E-state index contributed by atoms with van der Waals surface area (Å²) in [4.78, 5) is 23.5. The molecule has 10 N–H and O–H groups in total. The summed E-state index contributed by atoms with van der Waals surface area (Å²) in [6, 6.07) is 1.38. The predicted molar refractivity (Wildman–Crippen MR) is 95.4 cm³/mol. The molecule has 0 heterocycles. The van der Waals surface area contributed by atoms with Gasteiger partial charge in [-0.05, 0) is 25.0 Å². The van der Waals surface area contributed by atoms with Crippen molar-refractivity contribution in [3.63, 3.8) is 0 Å². The fourth-order valence-electron chi connectivity index (χ4n) is 1.95. The van der Waals surface area contributed by atoms with Crippen molar-refractivity contribution in [2.24, 2.45) is 11.5 Å². The van der Waals surface area contributed by atoms with Crippen LogP contribution in [0, 0.1) is 5.41 Å². The summed E-state index contributed by atoms with van der Waals surface area (Å²) >= 11 is 0. The summed E-state index contributed by atoms with van der Waals surface area (Å²) < 4.78 is 0. The SMILES string of the molecule is Cl.Cl.N=C(N)NCCCC(N)C(=O)c1c(N)ccc(O)c1C(=O)O. The molecular weight excluding hydrogens is 361 g/mol. The van der Waals surface area contributed by atoms with Gasteiger partial charge >= 0.3 is 5.97 Å². The molecule has 0 amide bonds. The third-order valence-electron chi connectivity index (χ3n) is 3.02. The molecule has 0 fully saturated rings. The number of carboxylic acid groups (broad SMARTS) is 1. The molecule has 0 bridgehead atoms. The second-order valence-electron chi connectivity index (χ2n) is 4.68. The van der Waals surface area contributed by atoms with Crippen LogP contribution in [0.4, 0.5) is 5.69 Å². The van der Waals surface area contributed by atoms with Crippen molar-refractivity contribution in [1.29, 1.82) is 5.41 Å². The second kappa shape index (κ2) is 10.5. The van der Waals surface area contributed by atoms with Gasteiger partial charge in [0, 0.05) is 12.2 Å². The van der Waals surface area contributed by atoms with Crippen molar-refractivity contribution >= 4 is 48.2 Å². The zero-order valence-electron chi connectivity index (χ0n) is 12.6. The number of phenols is 1. The zero-order valence-corrected chi connectivity index (χ0v) is 14.2. The topological polar surface area (TPSA) is 189 Å². The van der Waals surface area contributed by atoms with E-state index in [0.29, 0.717) is 13.0 Å². The van der Waals surface area contributed by atoms with Gasteiger partial charge in [0.15, 0.2) is 11.7 Å². The van der Waals surface area contributed by atoms with Crippen LogP contribution in [0.15, 0.2) is 12.1 Å². The van der Waals surface area contributed by atoms with E-state index in [9.17, 15) is 14.7 Å². The number of rotatable bonds is 7. The predicted octanol–water partition coefficient (Wildman–Crippen LogP) is 0.289. The van der Waals surface area contributed by atoms with Gasteiger partial charge in [-0.25, -0.2) is 4.79 Å². The van der Waals surface area contributed by atoms with E-state index in [2.05, 4.69) is 5.32 Å². The number of nitrogens with one attached hydrogen (secondary N) is 2. The van der Waals surface area contributed by atoms with Crippen LogP contribution < -0.4 is 22.5 Å². The number of hydrogen-bond acceptors (Lipinski definition) is 6. The van der Waals surface area contributed by atoms with Crippen molar-refractivity contribution in [3.05, 3.63) is 23.3 Å². The standard InChI is InChI=1S/C13H19N5O4.2ClH/c14-6-3-4-8(19)10(12(21)22)9(6)11(20)7(15)2-1-5-18-13(16)17;;/h3-4,7,19H,1-2,5,14-15H2,(H,21,22)(H4,16,17,18);2*1H. The first-order chi connectivity index (χ1) is 10.3. The highest BCUT2D eigenvalue weighted by Crippen LogP contribution is 2.27. The summed E-state index contributed by atoms with van der Waals surface area (Å²) in [5.74, 6) is -2.85. The molecule has 0 aliphatic carbocycles. The number of carbonyl (C=O) groups is 2. The molecule has 1 aromatic rings. The Morgan fingerprint density at radius 2 is 1.83 bits per heavy atom. The summed E-state index contributed by atoms with van der Waals surface area (Å²) in [5.41, 5.74) is 15.6. The second-order valence-corrected chi connectivity index (χ2v) is 4.68. The Bertz CT molecular complexity index is 612. The van der Waals surface area contributed by atoms with Crippen molar-refractivity contribution in [2.75, 3.05) is 12.3 Å². The molecule has 24 heavy (non-hydrogen) atoms. The molecule has 0 aliphatic heterocycles. The lowest BCUT2D eigenvalue weighted by atomic mass is 9.94. The molecule has 0 spiro atoms. The van der Waals surface area contributed by atoms with Crippen molar-refractivity contribution < 1.29 is 19.8 Å². The fourth-order valence-corrected chi connectivity index (χ4v) is 1.95. The van der Waals surface area contributed by atoms with Crippen LogP contribution in [0.5, 0.6) is 5.75 Å². The van der Waals surface area contributed by atoms with E-state index in [-0.39, 0.29) is 48.4 Å². The van der Waals surface area contributed by atoms with E-state index in [1.54, 1.807) is 0 Å². The van der Waals surface area contributed by atoms with Crippen LogP contribution in [0.1, 0.15) is 33.6 Å². The number of guanidine groups is 1. The molecule has 136 valence electrons. The Kier molecular flexibility index (Phi) is 10.5. The number of Topliss-reactive ketones (excluding diaryl/α,β-unsaturated/α-hetero) is 1. The number of nitrogen functional groups attached to an aromatic ring is 1. The maximum absolute atomic E-state index is 12.3. The third-order valence-corrected chi connectivity index (χ3v) is 3.02. The summed E-state index contributed by atoms with van der Waals surface area (Å²) in [6.07, 6.45) is 0.695. The van der Waals surface area contributed by atoms with E-state index < -0.39 is 29.1 Å². The highest BCUT2D eigenvalue weighted by molar-refractivity contribution is 6.12. The Balaban J connectivity index is 0. The zero-order chi connectivity index (χ0) is 16.9. The van der Waals surface area contributed by atoms with Gasteiger partial charge < -0.3 is 32.7 Å². The Hall–Kier alpha value is -2.23. The lowest BCUT2D eigenvalue weighted by Crippen LogP contribution is -2.35. The van der Waals surface area contributed by atoms with Crippen LogP contribution in [0.3, 0.4) is 0 Å². The van der Waals surface area contributed by atoms with Gasteiger partial charge in [0.2, 0.25) is 0 Å². The molecule has 1 rings (SSSR count). The number of ketones is 1. The van der Waals surface area contributed by atoms with Gasteiger partial charge in [-0.3, -0.25) is 10.2 Å². The Morgan fingerprint density at radius 1 is 1.25 bits per heavy atom. The first-order valence-corrected chi connectivity index (χ1v) is 6.48. The quantitative estimate of drug-likeness (QED) is 0.0874. The average molecular weight is 382 g/mol. The smallest absolute Gasteiger partial charge is 0.340 e. The van der Waals surface area contributed by atoms with Gasteiger partial charge in [0.05, 0.1) is 11.6 Å². The number of aromatic hydroxyl groups is 1. The molecule has 1 unspecified atom stereocenters.